The van der Waals surface area contributed by atoms with Gasteiger partial charge in [0.1, 0.15) is 5.56 Å². The van der Waals surface area contributed by atoms with Gasteiger partial charge < -0.3 is 15.5 Å². The van der Waals surface area contributed by atoms with E-state index in [1.807, 2.05) is 30.3 Å². The first-order valence-electron chi connectivity index (χ1n) is 5.51. The molecule has 0 radical (unpaired) electrons. The largest absolute Gasteiger partial charge is 0.505 e. The minimum Gasteiger partial charge on any atom is -0.505 e. The first-order valence-corrected chi connectivity index (χ1v) is 5.51. The Morgan fingerprint density at radius 2 is 1.78 bits per heavy atom. The van der Waals surface area contributed by atoms with Crippen LogP contribution < -0.4 is 5.32 Å². The first-order chi connectivity index (χ1) is 8.68. The zero-order valence-corrected chi connectivity index (χ0v) is 9.63. The number of aromatic hydroxyl groups is 1. The summed E-state index contributed by atoms with van der Waals surface area (Å²) >= 11 is 0. The maximum absolute atomic E-state index is 10.9. The Morgan fingerprint density at radius 1 is 1.06 bits per heavy atom. The van der Waals surface area contributed by atoms with Crippen LogP contribution in [-0.4, -0.2) is 16.2 Å². The highest BCUT2D eigenvalue weighted by molar-refractivity contribution is 5.93. The number of aromatic carboxylic acids is 1. The summed E-state index contributed by atoms with van der Waals surface area (Å²) in [5.41, 5.74) is 1.37. The number of carbonyl (C=O) groups is 1. The Kier molecular flexibility index (Phi) is 3.48. The van der Waals surface area contributed by atoms with Gasteiger partial charge in [-0.05, 0) is 17.7 Å². The van der Waals surface area contributed by atoms with Crippen molar-refractivity contribution >= 4 is 11.7 Å². The summed E-state index contributed by atoms with van der Waals surface area (Å²) in [4.78, 5) is 10.9. The number of carboxylic acids is 1. The molecule has 0 spiro atoms. The van der Waals surface area contributed by atoms with E-state index < -0.39 is 5.97 Å². The maximum Gasteiger partial charge on any atom is 0.339 e. The molecule has 2 aromatic carbocycles. The minimum absolute atomic E-state index is 0.104. The number of phenols is 1. The molecule has 0 bridgehead atoms. The topological polar surface area (TPSA) is 69.6 Å². The minimum atomic E-state index is -1.14. The predicted octanol–water partition coefficient (Wildman–Crippen LogP) is 2.70. The van der Waals surface area contributed by atoms with E-state index >= 15 is 0 Å². The lowest BCUT2D eigenvalue weighted by Crippen LogP contribution is -2.02. The average Bonchev–Trinajstić information content (AvgIpc) is 2.38. The third-order valence-corrected chi connectivity index (χ3v) is 2.59. The van der Waals surface area contributed by atoms with Crippen LogP contribution in [0.1, 0.15) is 15.9 Å². The second-order valence-electron chi connectivity index (χ2n) is 3.85. The molecule has 0 amide bonds. The van der Waals surface area contributed by atoms with Crippen molar-refractivity contribution in [3.8, 4) is 5.75 Å². The normalized spacial score (nSPS) is 10.0. The number of benzene rings is 2. The summed E-state index contributed by atoms with van der Waals surface area (Å²) in [6, 6.07) is 14.3. The Morgan fingerprint density at radius 3 is 2.44 bits per heavy atom. The fourth-order valence-corrected chi connectivity index (χ4v) is 1.65. The Hall–Kier alpha value is -2.49. The Balaban J connectivity index is 2.15. The molecule has 0 aromatic heterocycles. The van der Waals surface area contributed by atoms with Crippen molar-refractivity contribution in [2.24, 2.45) is 0 Å². The number of para-hydroxylation sites is 1. The van der Waals surface area contributed by atoms with Gasteiger partial charge in [0.25, 0.3) is 0 Å². The zero-order chi connectivity index (χ0) is 13.0. The van der Waals surface area contributed by atoms with Gasteiger partial charge in [-0.25, -0.2) is 4.79 Å². The van der Waals surface area contributed by atoms with Crippen LogP contribution in [0, 0.1) is 0 Å². The molecular formula is C14H13NO3. The van der Waals surface area contributed by atoms with Crippen LogP contribution >= 0.6 is 0 Å². The van der Waals surface area contributed by atoms with Gasteiger partial charge in [-0.3, -0.25) is 0 Å². The number of nitrogens with one attached hydrogen (secondary N) is 1. The standard InChI is InChI=1S/C14H13NO3/c16-13-11(14(17)18)7-4-8-12(13)15-9-10-5-2-1-3-6-10/h1-8,15-16H,9H2,(H,17,18). The predicted molar refractivity (Wildman–Crippen MR) is 68.8 cm³/mol. The fourth-order valence-electron chi connectivity index (χ4n) is 1.65. The number of anilines is 1. The van der Waals surface area contributed by atoms with E-state index in [0.717, 1.165) is 5.56 Å². The lowest BCUT2D eigenvalue weighted by atomic mass is 10.1. The molecule has 2 aromatic rings. The van der Waals surface area contributed by atoms with E-state index in [9.17, 15) is 9.90 Å². The van der Waals surface area contributed by atoms with Gasteiger partial charge in [0.05, 0.1) is 5.69 Å². The molecule has 0 atom stereocenters. The van der Waals surface area contributed by atoms with E-state index in [1.54, 1.807) is 12.1 Å². The molecule has 0 aliphatic heterocycles. The van der Waals surface area contributed by atoms with Gasteiger partial charge >= 0.3 is 5.97 Å². The third-order valence-electron chi connectivity index (χ3n) is 2.59. The molecule has 92 valence electrons. The van der Waals surface area contributed by atoms with Gasteiger partial charge in [0.2, 0.25) is 0 Å². The second kappa shape index (κ2) is 5.23. The summed E-state index contributed by atoms with van der Waals surface area (Å²) in [5, 5.41) is 21.7. The quantitative estimate of drug-likeness (QED) is 0.722. The average molecular weight is 243 g/mol. The SMILES string of the molecule is O=C(O)c1cccc(NCc2ccccc2)c1O. The number of carboxylic acid groups (broad SMARTS) is 1. The second-order valence-corrected chi connectivity index (χ2v) is 3.85. The van der Waals surface area contributed by atoms with Crippen molar-refractivity contribution in [3.63, 3.8) is 0 Å². The molecule has 0 saturated carbocycles. The molecule has 0 saturated heterocycles. The zero-order valence-electron chi connectivity index (χ0n) is 9.63. The molecule has 0 aliphatic rings. The smallest absolute Gasteiger partial charge is 0.339 e. The monoisotopic (exact) mass is 243 g/mol. The van der Waals surface area contributed by atoms with Crippen molar-refractivity contribution in [1.82, 2.24) is 0 Å². The van der Waals surface area contributed by atoms with E-state index in [4.69, 9.17) is 5.11 Å². The molecule has 0 aliphatic carbocycles. The molecular weight excluding hydrogens is 230 g/mol. The highest BCUT2D eigenvalue weighted by atomic mass is 16.4. The molecule has 0 fully saturated rings. The summed E-state index contributed by atoms with van der Waals surface area (Å²) in [7, 11) is 0. The third kappa shape index (κ3) is 2.60. The summed E-state index contributed by atoms with van der Waals surface area (Å²) in [6.07, 6.45) is 0. The first kappa shape index (κ1) is 12.0. The molecule has 4 nitrogen and oxygen atoms in total. The number of rotatable bonds is 4. The van der Waals surface area contributed by atoms with Crippen molar-refractivity contribution in [3.05, 3.63) is 59.7 Å². The van der Waals surface area contributed by atoms with Gasteiger partial charge in [-0.1, -0.05) is 36.4 Å². The summed E-state index contributed by atoms with van der Waals surface area (Å²) < 4.78 is 0. The van der Waals surface area contributed by atoms with Crippen LogP contribution in [0.4, 0.5) is 5.69 Å². The Bertz CT molecular complexity index is 552. The summed E-state index contributed by atoms with van der Waals surface area (Å²) in [6.45, 7) is 0.525. The molecule has 4 heteroatoms. The van der Waals surface area contributed by atoms with Crippen LogP contribution in [0.15, 0.2) is 48.5 Å². The highest BCUT2D eigenvalue weighted by Crippen LogP contribution is 2.27. The molecule has 0 heterocycles. The fraction of sp³-hybridized carbons (Fsp3) is 0.0714. The van der Waals surface area contributed by atoms with Crippen molar-refractivity contribution in [1.29, 1.82) is 0 Å². The molecule has 3 N–H and O–H groups in total. The molecule has 0 unspecified atom stereocenters. The van der Waals surface area contributed by atoms with Crippen LogP contribution in [-0.2, 0) is 6.54 Å². The van der Waals surface area contributed by atoms with Crippen LogP contribution in [0.5, 0.6) is 5.75 Å². The molecule has 2 rings (SSSR count). The highest BCUT2D eigenvalue weighted by Gasteiger charge is 2.12. The van der Waals surface area contributed by atoms with Gasteiger partial charge in [-0.15, -0.1) is 0 Å². The number of hydrogen-bond donors (Lipinski definition) is 3. The van der Waals surface area contributed by atoms with Crippen LogP contribution in [0.3, 0.4) is 0 Å². The van der Waals surface area contributed by atoms with Crippen LogP contribution in [0.25, 0.3) is 0 Å². The maximum atomic E-state index is 10.9. The van der Waals surface area contributed by atoms with E-state index in [1.165, 1.54) is 6.07 Å². The lowest BCUT2D eigenvalue weighted by molar-refractivity contribution is 0.0694. The van der Waals surface area contributed by atoms with Gasteiger partial charge in [0.15, 0.2) is 5.75 Å². The van der Waals surface area contributed by atoms with Crippen molar-refractivity contribution in [2.45, 2.75) is 6.54 Å². The van der Waals surface area contributed by atoms with Crippen LogP contribution in [0.2, 0.25) is 0 Å². The van der Waals surface area contributed by atoms with E-state index in [-0.39, 0.29) is 11.3 Å². The van der Waals surface area contributed by atoms with Crippen molar-refractivity contribution < 1.29 is 15.0 Å². The van der Waals surface area contributed by atoms with Gasteiger partial charge in [0, 0.05) is 6.54 Å². The Labute approximate surface area is 105 Å². The molecule has 18 heavy (non-hydrogen) atoms. The summed E-state index contributed by atoms with van der Waals surface area (Å²) in [5.74, 6) is -1.38. The van der Waals surface area contributed by atoms with Crippen molar-refractivity contribution in [2.75, 3.05) is 5.32 Å². The van der Waals surface area contributed by atoms with E-state index in [2.05, 4.69) is 5.32 Å². The van der Waals surface area contributed by atoms with E-state index in [0.29, 0.717) is 12.2 Å². The number of hydrogen-bond acceptors (Lipinski definition) is 3. The lowest BCUT2D eigenvalue weighted by Gasteiger charge is -2.10. The van der Waals surface area contributed by atoms with Gasteiger partial charge in [-0.2, -0.15) is 0 Å².